The number of anilines is 2. The predicted molar refractivity (Wildman–Crippen MR) is 91.1 cm³/mol. The van der Waals surface area contributed by atoms with E-state index in [4.69, 9.17) is 0 Å². The number of fused-ring (bicyclic) bond motifs is 1. The molecule has 5 nitrogen and oxygen atoms in total. The van der Waals surface area contributed by atoms with E-state index in [9.17, 15) is 9.70 Å². The summed E-state index contributed by atoms with van der Waals surface area (Å²) in [6.45, 7) is 3.53. The van der Waals surface area contributed by atoms with E-state index in [2.05, 4.69) is 5.29 Å². The molecular formula is C18H19N3O2. The van der Waals surface area contributed by atoms with Crippen LogP contribution in [0.4, 0.5) is 11.4 Å². The van der Waals surface area contributed by atoms with Crippen LogP contribution in [0.3, 0.4) is 0 Å². The number of hydrogen-bond acceptors (Lipinski definition) is 3. The lowest BCUT2D eigenvalue weighted by Crippen LogP contribution is -2.42. The number of nitrogens with zero attached hydrogens (tertiary/aromatic N) is 3. The summed E-state index contributed by atoms with van der Waals surface area (Å²) in [5.41, 5.74) is 2.58. The van der Waals surface area contributed by atoms with Crippen LogP contribution in [0.25, 0.3) is 0 Å². The molecule has 1 aliphatic rings. The maximum atomic E-state index is 12.3. The Bertz CT molecular complexity index is 717. The summed E-state index contributed by atoms with van der Waals surface area (Å²) in [7, 11) is 0. The molecule has 0 radical (unpaired) electrons. The fourth-order valence-electron chi connectivity index (χ4n) is 3.30. The Morgan fingerprint density at radius 3 is 2.43 bits per heavy atom. The van der Waals surface area contributed by atoms with Crippen molar-refractivity contribution in [3.63, 3.8) is 0 Å². The van der Waals surface area contributed by atoms with Gasteiger partial charge in [0.25, 0.3) is 0 Å². The summed E-state index contributed by atoms with van der Waals surface area (Å²) in [6.07, 6.45) is 0.650. The summed E-state index contributed by atoms with van der Waals surface area (Å²) >= 11 is 0. The lowest BCUT2D eigenvalue weighted by molar-refractivity contribution is -0.117. The molecule has 23 heavy (non-hydrogen) atoms. The van der Waals surface area contributed by atoms with Crippen molar-refractivity contribution in [3.8, 4) is 0 Å². The predicted octanol–water partition coefficient (Wildman–Crippen LogP) is 4.06. The lowest BCUT2D eigenvalue weighted by Gasteiger charge is -2.40. The smallest absolute Gasteiger partial charge is 0.224 e. The standard InChI is InChI=1S/C18H19N3O2/c1-13-12-18(16-10-6-7-11-17(16)21(13)19-23)20(14(2)22)15-8-4-3-5-9-15/h3-11,13,18H,12H2,1-2H3/t13-,18-/m0/s1. The first kappa shape index (κ1) is 15.2. The number of carbonyl (C=O) groups is 1. The third kappa shape index (κ3) is 2.70. The largest absolute Gasteiger partial charge is 0.305 e. The molecule has 2 aromatic rings. The highest BCUT2D eigenvalue weighted by Gasteiger charge is 2.35. The van der Waals surface area contributed by atoms with E-state index in [1.165, 1.54) is 5.01 Å². The summed E-state index contributed by atoms with van der Waals surface area (Å²) in [5, 5.41) is 4.66. The highest BCUT2D eigenvalue weighted by Crippen LogP contribution is 2.42. The number of carbonyl (C=O) groups excluding carboxylic acids is 1. The van der Waals surface area contributed by atoms with Gasteiger partial charge in [0, 0.05) is 18.2 Å². The van der Waals surface area contributed by atoms with Gasteiger partial charge in [-0.05, 0) is 31.5 Å². The van der Waals surface area contributed by atoms with Crippen LogP contribution in [-0.4, -0.2) is 11.9 Å². The molecule has 0 aliphatic carbocycles. The Morgan fingerprint density at radius 2 is 1.78 bits per heavy atom. The van der Waals surface area contributed by atoms with Gasteiger partial charge < -0.3 is 4.90 Å². The molecule has 0 spiro atoms. The van der Waals surface area contributed by atoms with Crippen molar-refractivity contribution in [3.05, 3.63) is 65.1 Å². The molecule has 1 heterocycles. The third-order valence-electron chi connectivity index (χ3n) is 4.30. The van der Waals surface area contributed by atoms with E-state index < -0.39 is 0 Å². The van der Waals surface area contributed by atoms with Crippen molar-refractivity contribution in [2.75, 3.05) is 9.91 Å². The van der Waals surface area contributed by atoms with Crippen molar-refractivity contribution >= 4 is 17.3 Å². The first-order valence-electron chi connectivity index (χ1n) is 7.69. The van der Waals surface area contributed by atoms with Gasteiger partial charge in [-0.3, -0.25) is 4.79 Å². The minimum Gasteiger partial charge on any atom is -0.305 e. The molecule has 1 amide bonds. The molecule has 2 aromatic carbocycles. The van der Waals surface area contributed by atoms with Gasteiger partial charge in [-0.25, -0.2) is 5.01 Å². The lowest BCUT2D eigenvalue weighted by atomic mass is 9.91. The second kappa shape index (κ2) is 6.20. The van der Waals surface area contributed by atoms with Crippen LogP contribution in [0.15, 0.2) is 59.9 Å². The molecule has 118 valence electrons. The van der Waals surface area contributed by atoms with Crippen molar-refractivity contribution in [2.24, 2.45) is 5.29 Å². The zero-order valence-electron chi connectivity index (χ0n) is 13.2. The molecule has 0 saturated heterocycles. The minimum absolute atomic E-state index is 0.0179. The minimum atomic E-state index is -0.112. The van der Waals surface area contributed by atoms with Crippen LogP contribution in [0.1, 0.15) is 31.9 Å². The van der Waals surface area contributed by atoms with E-state index in [0.717, 1.165) is 16.9 Å². The number of hydrogen-bond donors (Lipinski definition) is 0. The average molecular weight is 309 g/mol. The van der Waals surface area contributed by atoms with Gasteiger partial charge in [-0.1, -0.05) is 36.4 Å². The van der Waals surface area contributed by atoms with E-state index in [1.54, 1.807) is 11.8 Å². The van der Waals surface area contributed by atoms with Gasteiger partial charge in [-0.2, -0.15) is 0 Å². The summed E-state index contributed by atoms with van der Waals surface area (Å²) in [6, 6.07) is 17.1. The topological polar surface area (TPSA) is 53.0 Å². The van der Waals surface area contributed by atoms with Crippen LogP contribution in [0, 0.1) is 4.91 Å². The van der Waals surface area contributed by atoms with Crippen LogP contribution in [-0.2, 0) is 4.79 Å². The SMILES string of the molecule is CC(=O)N(c1ccccc1)[C@H]1C[C@H](C)N(N=O)c2ccccc21. The van der Waals surface area contributed by atoms with Gasteiger partial charge in [0.15, 0.2) is 0 Å². The van der Waals surface area contributed by atoms with Crippen LogP contribution in [0.2, 0.25) is 0 Å². The molecule has 0 saturated carbocycles. The zero-order valence-corrected chi connectivity index (χ0v) is 13.2. The molecule has 0 aromatic heterocycles. The van der Waals surface area contributed by atoms with Crippen molar-refractivity contribution in [1.29, 1.82) is 0 Å². The Kier molecular flexibility index (Phi) is 4.10. The molecule has 0 fully saturated rings. The maximum absolute atomic E-state index is 12.3. The second-order valence-corrected chi connectivity index (χ2v) is 5.81. The number of nitroso groups, excluding NO2 is 1. The molecule has 3 rings (SSSR count). The highest BCUT2D eigenvalue weighted by atomic mass is 16.3. The van der Waals surface area contributed by atoms with E-state index in [-0.39, 0.29) is 18.0 Å². The first-order valence-corrected chi connectivity index (χ1v) is 7.69. The van der Waals surface area contributed by atoms with E-state index in [0.29, 0.717) is 6.42 Å². The Balaban J connectivity index is 2.11. The summed E-state index contributed by atoms with van der Waals surface area (Å²) in [4.78, 5) is 25.4. The highest BCUT2D eigenvalue weighted by molar-refractivity contribution is 5.92. The molecule has 1 aliphatic heterocycles. The average Bonchev–Trinajstić information content (AvgIpc) is 2.56. The Morgan fingerprint density at radius 1 is 1.13 bits per heavy atom. The number of benzene rings is 2. The fraction of sp³-hybridized carbons (Fsp3) is 0.278. The van der Waals surface area contributed by atoms with Gasteiger partial charge in [0.2, 0.25) is 5.91 Å². The number of para-hydroxylation sites is 2. The second-order valence-electron chi connectivity index (χ2n) is 5.81. The van der Waals surface area contributed by atoms with E-state index in [1.807, 2.05) is 61.5 Å². The van der Waals surface area contributed by atoms with Gasteiger partial charge in [0.1, 0.15) is 0 Å². The Hall–Kier alpha value is -2.69. The molecule has 0 N–H and O–H groups in total. The molecule has 0 bridgehead atoms. The summed E-state index contributed by atoms with van der Waals surface area (Å²) in [5.74, 6) is -0.0179. The maximum Gasteiger partial charge on any atom is 0.224 e. The monoisotopic (exact) mass is 309 g/mol. The molecule has 0 unspecified atom stereocenters. The van der Waals surface area contributed by atoms with Crippen molar-refractivity contribution < 1.29 is 4.79 Å². The third-order valence-corrected chi connectivity index (χ3v) is 4.30. The molecule has 5 heteroatoms. The number of amides is 1. The van der Waals surface area contributed by atoms with Gasteiger partial charge >= 0.3 is 0 Å². The Labute approximate surface area is 135 Å². The van der Waals surface area contributed by atoms with Gasteiger partial charge in [-0.15, -0.1) is 4.91 Å². The van der Waals surface area contributed by atoms with Crippen LogP contribution >= 0.6 is 0 Å². The first-order chi connectivity index (χ1) is 11.1. The fourth-order valence-corrected chi connectivity index (χ4v) is 3.30. The molecular weight excluding hydrogens is 290 g/mol. The van der Waals surface area contributed by atoms with E-state index >= 15 is 0 Å². The number of rotatable bonds is 3. The molecule has 2 atom stereocenters. The zero-order chi connectivity index (χ0) is 16.4. The quantitative estimate of drug-likeness (QED) is 0.803. The van der Waals surface area contributed by atoms with Crippen molar-refractivity contribution in [2.45, 2.75) is 32.4 Å². The van der Waals surface area contributed by atoms with Crippen LogP contribution in [0.5, 0.6) is 0 Å². The van der Waals surface area contributed by atoms with Gasteiger partial charge in [0.05, 0.1) is 23.1 Å². The van der Waals surface area contributed by atoms with Crippen molar-refractivity contribution in [1.82, 2.24) is 0 Å². The normalized spacial score (nSPS) is 19.8. The summed E-state index contributed by atoms with van der Waals surface area (Å²) < 4.78 is 0. The van der Waals surface area contributed by atoms with Crippen LogP contribution < -0.4 is 9.91 Å².